The normalized spacial score (nSPS) is 16.7. The summed E-state index contributed by atoms with van der Waals surface area (Å²) >= 11 is 6.06. The van der Waals surface area contributed by atoms with Crippen molar-refractivity contribution < 1.29 is 9.53 Å². The van der Waals surface area contributed by atoms with Crippen LogP contribution in [0.5, 0.6) is 5.75 Å². The monoisotopic (exact) mass is 430 g/mol. The molecule has 2 saturated heterocycles. The number of carbonyl (C=O) groups is 1. The molecule has 2 aromatic rings. The van der Waals surface area contributed by atoms with Crippen LogP contribution in [0.3, 0.4) is 0 Å². The highest BCUT2D eigenvalue weighted by Crippen LogP contribution is 2.28. The van der Waals surface area contributed by atoms with Gasteiger partial charge in [-0.15, -0.1) is 0 Å². The Morgan fingerprint density at radius 1 is 1.03 bits per heavy atom. The third kappa shape index (κ3) is 4.53. The number of hydrogen-bond acceptors (Lipinski definition) is 6. The van der Waals surface area contributed by atoms with Crippen molar-refractivity contribution in [2.24, 2.45) is 0 Å². The van der Waals surface area contributed by atoms with Crippen molar-refractivity contribution in [3.8, 4) is 5.75 Å². The maximum absolute atomic E-state index is 12.7. The molecule has 4 rings (SSSR count). The highest BCUT2D eigenvalue weighted by molar-refractivity contribution is 6.31. The second-order valence-corrected chi connectivity index (χ2v) is 8.05. The molecule has 30 heavy (non-hydrogen) atoms. The van der Waals surface area contributed by atoms with Gasteiger partial charge >= 0.3 is 6.03 Å². The zero-order chi connectivity index (χ0) is 21.1. The van der Waals surface area contributed by atoms with E-state index in [1.807, 2.05) is 6.92 Å². The number of anilines is 3. The van der Waals surface area contributed by atoms with Gasteiger partial charge in [-0.3, -0.25) is 0 Å². The summed E-state index contributed by atoms with van der Waals surface area (Å²) in [6.45, 7) is 6.66. The Morgan fingerprint density at radius 3 is 2.47 bits per heavy atom. The number of methoxy groups -OCH3 is 1. The summed E-state index contributed by atoms with van der Waals surface area (Å²) in [5.41, 5.74) is 1.53. The van der Waals surface area contributed by atoms with E-state index in [1.54, 1.807) is 30.2 Å². The summed E-state index contributed by atoms with van der Waals surface area (Å²) in [4.78, 5) is 28.4. The lowest BCUT2D eigenvalue weighted by atomic mass is 10.3. The minimum absolute atomic E-state index is 0.168. The molecular formula is C21H27ClN6O2. The van der Waals surface area contributed by atoms with Crippen molar-refractivity contribution in [3.05, 3.63) is 35.0 Å². The Bertz CT molecular complexity index is 910. The zero-order valence-corrected chi connectivity index (χ0v) is 18.2. The quantitative estimate of drug-likeness (QED) is 0.801. The number of rotatable bonds is 4. The molecule has 0 aliphatic carbocycles. The molecule has 0 radical (unpaired) electrons. The highest BCUT2D eigenvalue weighted by atomic mass is 35.5. The van der Waals surface area contributed by atoms with Crippen LogP contribution < -0.4 is 19.9 Å². The standard InChI is InChI=1S/C21H27ClN6O2/c1-15-13-19(26-7-3-4-8-26)25-20(23-15)27-9-11-28(12-10-27)21(29)24-17-14-16(22)5-6-18(17)30-2/h5-6,13-14H,3-4,7-12H2,1-2H3,(H,24,29). The van der Waals surface area contributed by atoms with Crippen LogP contribution in [0.25, 0.3) is 0 Å². The van der Waals surface area contributed by atoms with Crippen LogP contribution in [0.15, 0.2) is 24.3 Å². The summed E-state index contributed by atoms with van der Waals surface area (Å²) in [5.74, 6) is 2.32. The Balaban J connectivity index is 1.39. The predicted octanol–water partition coefficient (Wildman–Crippen LogP) is 3.40. The van der Waals surface area contributed by atoms with Crippen LogP contribution in [0.2, 0.25) is 5.02 Å². The van der Waals surface area contributed by atoms with Gasteiger partial charge < -0.3 is 24.8 Å². The molecule has 0 atom stereocenters. The van der Waals surface area contributed by atoms with E-state index in [4.69, 9.17) is 21.3 Å². The van der Waals surface area contributed by atoms with Crippen molar-refractivity contribution in [2.75, 3.05) is 61.5 Å². The molecule has 3 heterocycles. The first-order valence-electron chi connectivity index (χ1n) is 10.3. The van der Waals surface area contributed by atoms with Gasteiger partial charge in [-0.05, 0) is 38.0 Å². The molecule has 0 spiro atoms. The van der Waals surface area contributed by atoms with Gasteiger partial charge in [-0.2, -0.15) is 4.98 Å². The van der Waals surface area contributed by atoms with Crippen LogP contribution in [0.4, 0.5) is 22.2 Å². The number of nitrogens with one attached hydrogen (secondary N) is 1. The average Bonchev–Trinajstić information content (AvgIpc) is 3.29. The fraction of sp³-hybridized carbons (Fsp3) is 0.476. The van der Waals surface area contributed by atoms with Gasteiger partial charge in [-0.25, -0.2) is 9.78 Å². The minimum Gasteiger partial charge on any atom is -0.495 e. The maximum Gasteiger partial charge on any atom is 0.322 e. The SMILES string of the molecule is COc1ccc(Cl)cc1NC(=O)N1CCN(c2nc(C)cc(N3CCCC3)n2)CC1. The minimum atomic E-state index is -0.168. The van der Waals surface area contributed by atoms with E-state index in [9.17, 15) is 4.79 Å². The lowest BCUT2D eigenvalue weighted by Gasteiger charge is -2.35. The third-order valence-corrected chi connectivity index (χ3v) is 5.75. The molecule has 2 fully saturated rings. The number of nitrogens with zero attached hydrogens (tertiary/aromatic N) is 5. The van der Waals surface area contributed by atoms with Crippen LogP contribution in [-0.4, -0.2) is 67.3 Å². The fourth-order valence-corrected chi connectivity index (χ4v) is 4.04. The Labute approximate surface area is 181 Å². The van der Waals surface area contributed by atoms with Crippen LogP contribution in [0.1, 0.15) is 18.5 Å². The predicted molar refractivity (Wildman–Crippen MR) is 119 cm³/mol. The lowest BCUT2D eigenvalue weighted by Crippen LogP contribution is -2.50. The van der Waals surface area contributed by atoms with Crippen molar-refractivity contribution in [1.29, 1.82) is 0 Å². The van der Waals surface area contributed by atoms with Gasteiger partial charge in [0.15, 0.2) is 0 Å². The van der Waals surface area contributed by atoms with Gasteiger partial charge in [0.05, 0.1) is 12.8 Å². The van der Waals surface area contributed by atoms with Gasteiger partial charge in [0.2, 0.25) is 5.95 Å². The number of carbonyl (C=O) groups excluding carboxylic acids is 1. The highest BCUT2D eigenvalue weighted by Gasteiger charge is 2.24. The average molecular weight is 431 g/mol. The van der Waals surface area contributed by atoms with E-state index in [0.717, 1.165) is 30.5 Å². The number of aromatic nitrogens is 2. The summed E-state index contributed by atoms with van der Waals surface area (Å²) in [7, 11) is 1.57. The smallest absolute Gasteiger partial charge is 0.322 e. The van der Waals surface area contributed by atoms with Gasteiger partial charge in [0.1, 0.15) is 11.6 Å². The van der Waals surface area contributed by atoms with Gasteiger partial charge in [-0.1, -0.05) is 11.6 Å². The summed E-state index contributed by atoms with van der Waals surface area (Å²) in [6, 6.07) is 7.04. The molecule has 9 heteroatoms. The van der Waals surface area contributed by atoms with E-state index in [2.05, 4.69) is 26.2 Å². The molecule has 1 aromatic heterocycles. The second kappa shape index (κ2) is 8.95. The molecule has 8 nitrogen and oxygen atoms in total. The van der Waals surface area contributed by atoms with Crippen molar-refractivity contribution in [1.82, 2.24) is 14.9 Å². The first-order chi connectivity index (χ1) is 14.5. The molecule has 2 amide bonds. The van der Waals surface area contributed by atoms with Crippen molar-refractivity contribution in [2.45, 2.75) is 19.8 Å². The topological polar surface area (TPSA) is 73.8 Å². The Morgan fingerprint density at radius 2 is 1.77 bits per heavy atom. The van der Waals surface area contributed by atoms with E-state index >= 15 is 0 Å². The molecular weight excluding hydrogens is 404 g/mol. The number of amides is 2. The maximum atomic E-state index is 12.7. The molecule has 0 unspecified atom stereocenters. The fourth-order valence-electron chi connectivity index (χ4n) is 3.87. The van der Waals surface area contributed by atoms with E-state index in [1.165, 1.54) is 12.8 Å². The Kier molecular flexibility index (Phi) is 6.13. The largest absolute Gasteiger partial charge is 0.495 e. The van der Waals surface area contributed by atoms with Crippen LogP contribution in [0, 0.1) is 6.92 Å². The first-order valence-corrected chi connectivity index (χ1v) is 10.7. The molecule has 0 saturated carbocycles. The van der Waals surface area contributed by atoms with E-state index in [0.29, 0.717) is 42.6 Å². The molecule has 0 bridgehead atoms. The molecule has 1 aromatic carbocycles. The van der Waals surface area contributed by atoms with E-state index < -0.39 is 0 Å². The summed E-state index contributed by atoms with van der Waals surface area (Å²) < 4.78 is 5.31. The van der Waals surface area contributed by atoms with Gasteiger partial charge in [0.25, 0.3) is 0 Å². The van der Waals surface area contributed by atoms with Crippen LogP contribution >= 0.6 is 11.6 Å². The van der Waals surface area contributed by atoms with E-state index in [-0.39, 0.29) is 6.03 Å². The molecule has 160 valence electrons. The number of piperazine rings is 1. The summed E-state index contributed by atoms with van der Waals surface area (Å²) in [6.07, 6.45) is 2.42. The third-order valence-electron chi connectivity index (χ3n) is 5.51. The zero-order valence-electron chi connectivity index (χ0n) is 17.4. The molecule has 2 aliphatic rings. The van der Waals surface area contributed by atoms with Crippen molar-refractivity contribution >= 4 is 35.1 Å². The number of hydrogen-bond donors (Lipinski definition) is 1. The van der Waals surface area contributed by atoms with Crippen LogP contribution in [-0.2, 0) is 0 Å². The number of ether oxygens (including phenoxy) is 1. The lowest BCUT2D eigenvalue weighted by molar-refractivity contribution is 0.208. The number of halogens is 1. The second-order valence-electron chi connectivity index (χ2n) is 7.61. The number of aryl methyl sites for hydroxylation is 1. The molecule has 1 N–H and O–H groups in total. The Hall–Kier alpha value is -2.74. The van der Waals surface area contributed by atoms with Gasteiger partial charge in [0, 0.05) is 56.1 Å². The number of urea groups is 1. The number of benzene rings is 1. The first kappa shape index (κ1) is 20.5. The van der Waals surface area contributed by atoms with Crippen molar-refractivity contribution in [3.63, 3.8) is 0 Å². The summed E-state index contributed by atoms with van der Waals surface area (Å²) in [5, 5.41) is 3.45. The molecule has 2 aliphatic heterocycles.